The third-order valence-corrected chi connectivity index (χ3v) is 8.06. The molecule has 0 saturated heterocycles. The molecule has 1 aliphatic rings. The first-order chi connectivity index (χ1) is 20.1. The van der Waals surface area contributed by atoms with Gasteiger partial charge in [0.05, 0.1) is 18.2 Å². The van der Waals surface area contributed by atoms with Crippen molar-refractivity contribution in [1.29, 1.82) is 0 Å². The number of carbonyl (C=O) groups excluding carboxylic acids is 1. The number of hydrogen-bond donors (Lipinski definition) is 1. The highest BCUT2D eigenvalue weighted by atomic mass is 32.2. The molecule has 5 rings (SSSR count). The fraction of sp³-hybridized carbons (Fsp3) is 0.229. The summed E-state index contributed by atoms with van der Waals surface area (Å²) in [6.07, 6.45) is 4.12. The largest absolute Gasteiger partial charge is 0.496 e. The molecule has 0 saturated carbocycles. The Morgan fingerprint density at radius 2 is 1.71 bits per heavy atom. The number of benzene rings is 4. The topological polar surface area (TPSA) is 56.8 Å². The molecule has 4 aromatic carbocycles. The van der Waals surface area contributed by atoms with E-state index in [0.29, 0.717) is 22.8 Å². The van der Waals surface area contributed by atoms with Crippen LogP contribution < -0.4 is 19.5 Å². The van der Waals surface area contributed by atoms with Gasteiger partial charge >= 0.3 is 5.97 Å². The number of esters is 1. The van der Waals surface area contributed by atoms with Crippen molar-refractivity contribution in [3.63, 3.8) is 0 Å². The van der Waals surface area contributed by atoms with Crippen LogP contribution in [-0.4, -0.2) is 24.9 Å². The monoisotopic (exact) mass is 583 g/mol. The number of rotatable bonds is 8. The number of allylic oxidation sites excluding steroid dienone is 1. The zero-order chi connectivity index (χ0) is 30.0. The van der Waals surface area contributed by atoms with E-state index in [1.165, 1.54) is 23.9 Å². The molecular weight excluding hydrogens is 549 g/mol. The van der Waals surface area contributed by atoms with Gasteiger partial charge in [-0.3, -0.25) is 0 Å². The van der Waals surface area contributed by atoms with Crippen LogP contribution in [0.1, 0.15) is 47.8 Å². The van der Waals surface area contributed by atoms with Crippen molar-refractivity contribution in [1.82, 2.24) is 0 Å². The second-order valence-electron chi connectivity index (χ2n) is 10.8. The van der Waals surface area contributed by atoms with E-state index in [1.54, 1.807) is 31.4 Å². The van der Waals surface area contributed by atoms with Crippen LogP contribution >= 0.6 is 11.8 Å². The Labute approximate surface area is 250 Å². The Bertz CT molecular complexity index is 1690. The molecule has 4 aromatic rings. The van der Waals surface area contributed by atoms with Crippen molar-refractivity contribution in [2.24, 2.45) is 0 Å². The summed E-state index contributed by atoms with van der Waals surface area (Å²) in [5, 5.41) is 3.61. The number of aryl methyl sites for hydroxylation is 1. The van der Waals surface area contributed by atoms with Gasteiger partial charge in [-0.15, -0.1) is 11.8 Å². The van der Waals surface area contributed by atoms with Crippen LogP contribution in [0.3, 0.4) is 0 Å². The summed E-state index contributed by atoms with van der Waals surface area (Å²) in [6, 6.07) is 21.4. The van der Waals surface area contributed by atoms with E-state index in [4.69, 9.17) is 14.2 Å². The maximum Gasteiger partial charge on any atom is 0.344 e. The van der Waals surface area contributed by atoms with Crippen molar-refractivity contribution in [2.45, 2.75) is 44.7 Å². The van der Waals surface area contributed by atoms with Gasteiger partial charge in [0.1, 0.15) is 29.7 Å². The first-order valence-corrected chi connectivity index (χ1v) is 14.9. The third kappa shape index (κ3) is 6.02. The molecule has 1 heterocycles. The van der Waals surface area contributed by atoms with Gasteiger partial charge in [-0.2, -0.15) is 0 Å². The van der Waals surface area contributed by atoms with E-state index in [-0.39, 0.29) is 18.0 Å². The van der Waals surface area contributed by atoms with Gasteiger partial charge in [0.15, 0.2) is 0 Å². The van der Waals surface area contributed by atoms with Crippen LogP contribution in [-0.2, 0) is 6.61 Å². The lowest BCUT2D eigenvalue weighted by Crippen LogP contribution is -2.32. The standard InChI is InChI=1S/C35H34FNO4S/c1-21-11-12-23(36)17-30(21)40-20-28-25(15-16-29-33(28)22(2)19-35(3,4)37-29)26-14-13-24(18-31(26)39-5)41-34(38)27-9-7-8-10-32(27)42-6/h7-19,37H,20H2,1-6H3. The van der Waals surface area contributed by atoms with E-state index in [9.17, 15) is 9.18 Å². The quantitative estimate of drug-likeness (QED) is 0.127. The second-order valence-corrected chi connectivity index (χ2v) is 11.7. The van der Waals surface area contributed by atoms with E-state index in [1.807, 2.05) is 43.5 Å². The van der Waals surface area contributed by atoms with Crippen molar-refractivity contribution >= 4 is 29.0 Å². The number of halogens is 1. The number of fused-ring (bicyclic) bond motifs is 1. The maximum atomic E-state index is 14.1. The molecule has 0 radical (unpaired) electrons. The Morgan fingerprint density at radius 3 is 2.48 bits per heavy atom. The molecule has 42 heavy (non-hydrogen) atoms. The highest BCUT2D eigenvalue weighted by Gasteiger charge is 2.27. The van der Waals surface area contributed by atoms with Gasteiger partial charge in [0.2, 0.25) is 0 Å². The van der Waals surface area contributed by atoms with E-state index < -0.39 is 5.97 Å². The molecule has 1 aliphatic heterocycles. The normalized spacial score (nSPS) is 13.5. The van der Waals surface area contributed by atoms with Crippen LogP contribution in [0.5, 0.6) is 17.2 Å². The minimum atomic E-state index is -0.433. The molecule has 0 aliphatic carbocycles. The van der Waals surface area contributed by atoms with Gasteiger partial charge < -0.3 is 19.5 Å². The molecule has 0 amide bonds. The number of thioether (sulfide) groups is 1. The lowest BCUT2D eigenvalue weighted by Gasteiger charge is -2.33. The summed E-state index contributed by atoms with van der Waals surface area (Å²) < 4.78 is 31.9. The average Bonchev–Trinajstić information content (AvgIpc) is 2.96. The Hall–Kier alpha value is -4.23. The van der Waals surface area contributed by atoms with Crippen molar-refractivity contribution in [2.75, 3.05) is 18.7 Å². The minimum Gasteiger partial charge on any atom is -0.496 e. The molecule has 7 heteroatoms. The number of methoxy groups -OCH3 is 1. The maximum absolute atomic E-state index is 14.1. The summed E-state index contributed by atoms with van der Waals surface area (Å²) >= 11 is 1.49. The molecule has 0 spiro atoms. The van der Waals surface area contributed by atoms with E-state index in [0.717, 1.165) is 44.0 Å². The smallest absolute Gasteiger partial charge is 0.344 e. The Kier molecular flexibility index (Phi) is 8.32. The predicted molar refractivity (Wildman–Crippen MR) is 168 cm³/mol. The van der Waals surface area contributed by atoms with Crippen LogP contribution in [0.25, 0.3) is 16.7 Å². The highest BCUT2D eigenvalue weighted by molar-refractivity contribution is 7.98. The van der Waals surface area contributed by atoms with Crippen LogP contribution in [0.4, 0.5) is 10.1 Å². The molecule has 0 atom stereocenters. The van der Waals surface area contributed by atoms with Gasteiger partial charge in [-0.1, -0.05) is 30.3 Å². The number of anilines is 1. The summed E-state index contributed by atoms with van der Waals surface area (Å²) in [5.74, 6) is 0.633. The molecule has 216 valence electrons. The highest BCUT2D eigenvalue weighted by Crippen LogP contribution is 2.43. The van der Waals surface area contributed by atoms with E-state index in [2.05, 4.69) is 38.2 Å². The summed E-state index contributed by atoms with van der Waals surface area (Å²) in [7, 11) is 1.59. The second kappa shape index (κ2) is 11.9. The van der Waals surface area contributed by atoms with Gasteiger partial charge in [-0.25, -0.2) is 9.18 Å². The predicted octanol–water partition coefficient (Wildman–Crippen LogP) is 8.94. The molecule has 5 nitrogen and oxygen atoms in total. The number of nitrogens with one attached hydrogen (secondary N) is 1. The lowest BCUT2D eigenvalue weighted by atomic mass is 9.85. The fourth-order valence-corrected chi connectivity index (χ4v) is 6.00. The van der Waals surface area contributed by atoms with Crippen molar-refractivity contribution < 1.29 is 23.4 Å². The van der Waals surface area contributed by atoms with Crippen LogP contribution in [0, 0.1) is 12.7 Å². The fourth-order valence-electron chi connectivity index (χ4n) is 5.41. The SMILES string of the molecule is COc1cc(OC(=O)c2ccccc2SC)ccc1-c1ccc2c(c1COc1cc(F)ccc1C)C(C)=CC(C)(C)N2. The molecule has 0 aromatic heterocycles. The molecule has 1 N–H and O–H groups in total. The van der Waals surface area contributed by atoms with Crippen LogP contribution in [0.15, 0.2) is 83.8 Å². The van der Waals surface area contributed by atoms with Gasteiger partial charge in [0.25, 0.3) is 0 Å². The summed E-state index contributed by atoms with van der Waals surface area (Å²) in [6.45, 7) is 8.45. The zero-order valence-electron chi connectivity index (χ0n) is 24.6. The van der Waals surface area contributed by atoms with Crippen LogP contribution in [0.2, 0.25) is 0 Å². The Balaban J connectivity index is 1.56. The van der Waals surface area contributed by atoms with Crippen molar-refractivity contribution in [3.8, 4) is 28.4 Å². The van der Waals surface area contributed by atoms with E-state index >= 15 is 0 Å². The first-order valence-electron chi connectivity index (χ1n) is 13.7. The Morgan fingerprint density at radius 1 is 0.952 bits per heavy atom. The third-order valence-electron chi connectivity index (χ3n) is 7.26. The van der Waals surface area contributed by atoms with Crippen molar-refractivity contribution in [3.05, 3.63) is 107 Å². The molecule has 0 fully saturated rings. The average molecular weight is 584 g/mol. The summed E-state index contributed by atoms with van der Waals surface area (Å²) in [5.41, 5.74) is 6.94. The molecule has 0 unspecified atom stereocenters. The number of ether oxygens (including phenoxy) is 3. The van der Waals surface area contributed by atoms with Gasteiger partial charge in [0, 0.05) is 39.4 Å². The minimum absolute atomic E-state index is 0.210. The zero-order valence-corrected chi connectivity index (χ0v) is 25.4. The van der Waals surface area contributed by atoms with Gasteiger partial charge in [-0.05, 0) is 87.0 Å². The summed E-state index contributed by atoms with van der Waals surface area (Å²) in [4.78, 5) is 13.8. The number of carbonyl (C=O) groups is 1. The number of hydrogen-bond acceptors (Lipinski definition) is 6. The molecule has 0 bridgehead atoms. The first kappa shape index (κ1) is 29.3. The molecular formula is C35H34FNO4S. The lowest BCUT2D eigenvalue weighted by molar-refractivity contribution is 0.0731.